The fourth-order valence-electron chi connectivity index (χ4n) is 7.17. The summed E-state index contributed by atoms with van der Waals surface area (Å²) in [5.74, 6) is 1.16. The van der Waals surface area contributed by atoms with Crippen LogP contribution in [0.5, 0.6) is 11.6 Å². The molecule has 1 atom stereocenters. The third-order valence-corrected chi connectivity index (χ3v) is 10.00. The SMILES string of the molecule is Cc1cccc([C@@H]2CN(C3CCOCC3)C(=O)N2C2CCN(Cc3ccc(Oc4ccc(C(=O)NC5CC5)cc4)nc3C)CC2)c1. The van der Waals surface area contributed by atoms with Crippen LogP contribution in [0.3, 0.4) is 0 Å². The second-order valence-electron chi connectivity index (χ2n) is 13.4. The van der Waals surface area contributed by atoms with E-state index in [1.807, 2.05) is 25.1 Å². The van der Waals surface area contributed by atoms with Crippen molar-refractivity contribution in [3.8, 4) is 11.6 Å². The molecule has 2 aromatic carbocycles. The van der Waals surface area contributed by atoms with E-state index in [9.17, 15) is 9.59 Å². The fraction of sp³-hybridized carbons (Fsp3) is 0.486. The number of likely N-dealkylation sites (tertiary alicyclic amines) is 1. The molecule has 9 heteroatoms. The normalized spacial score (nSPS) is 21.5. The number of nitrogens with one attached hydrogen (secondary N) is 1. The van der Waals surface area contributed by atoms with E-state index in [0.717, 1.165) is 83.6 Å². The van der Waals surface area contributed by atoms with Crippen molar-refractivity contribution in [2.24, 2.45) is 0 Å². The Balaban J connectivity index is 0.965. The number of amides is 3. The Labute approximate surface area is 271 Å². The summed E-state index contributed by atoms with van der Waals surface area (Å²) in [4.78, 5) is 37.8. The molecule has 7 rings (SSSR count). The predicted molar refractivity (Wildman–Crippen MR) is 176 cm³/mol. The van der Waals surface area contributed by atoms with Crippen LogP contribution in [-0.2, 0) is 11.3 Å². The molecule has 4 aliphatic rings. The highest BCUT2D eigenvalue weighted by molar-refractivity contribution is 5.94. The molecule has 3 saturated heterocycles. The van der Waals surface area contributed by atoms with Gasteiger partial charge >= 0.3 is 6.03 Å². The number of aryl methyl sites for hydroxylation is 2. The Morgan fingerprint density at radius 1 is 0.935 bits per heavy atom. The van der Waals surface area contributed by atoms with Gasteiger partial charge in [0.05, 0.1) is 6.04 Å². The summed E-state index contributed by atoms with van der Waals surface area (Å²) in [7, 11) is 0. The number of hydrogen-bond acceptors (Lipinski definition) is 6. The lowest BCUT2D eigenvalue weighted by molar-refractivity contribution is 0.0493. The van der Waals surface area contributed by atoms with Crippen LogP contribution in [0.4, 0.5) is 4.79 Å². The van der Waals surface area contributed by atoms with Gasteiger partial charge in [-0.2, -0.15) is 0 Å². The minimum atomic E-state index is -0.0357. The number of urea groups is 1. The number of benzene rings is 2. The van der Waals surface area contributed by atoms with Crippen LogP contribution >= 0.6 is 0 Å². The second kappa shape index (κ2) is 13.4. The molecule has 0 bridgehead atoms. The minimum absolute atomic E-state index is 0.0357. The average molecular weight is 624 g/mol. The van der Waals surface area contributed by atoms with Gasteiger partial charge in [-0.05, 0) is 87.8 Å². The highest BCUT2D eigenvalue weighted by Crippen LogP contribution is 2.37. The summed E-state index contributed by atoms with van der Waals surface area (Å²) in [5, 5.41) is 3.01. The zero-order valence-corrected chi connectivity index (χ0v) is 27.0. The molecule has 1 N–H and O–H groups in total. The lowest BCUT2D eigenvalue weighted by atomic mass is 9.98. The van der Waals surface area contributed by atoms with Crippen LogP contribution < -0.4 is 10.1 Å². The molecule has 46 heavy (non-hydrogen) atoms. The van der Waals surface area contributed by atoms with Crippen molar-refractivity contribution in [1.82, 2.24) is 25.0 Å². The van der Waals surface area contributed by atoms with E-state index in [-0.39, 0.29) is 30.1 Å². The molecule has 242 valence electrons. The van der Waals surface area contributed by atoms with Crippen molar-refractivity contribution in [3.05, 3.63) is 88.6 Å². The quantitative estimate of drug-likeness (QED) is 0.315. The van der Waals surface area contributed by atoms with Crippen molar-refractivity contribution >= 4 is 11.9 Å². The van der Waals surface area contributed by atoms with Gasteiger partial charge in [0.2, 0.25) is 5.88 Å². The molecule has 9 nitrogen and oxygen atoms in total. The Hall–Kier alpha value is -3.95. The van der Waals surface area contributed by atoms with E-state index in [4.69, 9.17) is 14.5 Å². The molecule has 0 unspecified atom stereocenters. The number of nitrogens with zero attached hydrogens (tertiary/aromatic N) is 4. The van der Waals surface area contributed by atoms with Crippen LogP contribution in [0.25, 0.3) is 0 Å². The van der Waals surface area contributed by atoms with Gasteiger partial charge in [-0.3, -0.25) is 9.69 Å². The molecular weight excluding hydrogens is 578 g/mol. The first-order chi connectivity index (χ1) is 22.4. The topological polar surface area (TPSA) is 87.2 Å². The Kier molecular flexibility index (Phi) is 8.95. The largest absolute Gasteiger partial charge is 0.439 e. The van der Waals surface area contributed by atoms with Gasteiger partial charge in [-0.15, -0.1) is 0 Å². The predicted octanol–water partition coefficient (Wildman–Crippen LogP) is 6.01. The smallest absolute Gasteiger partial charge is 0.321 e. The molecule has 1 aromatic heterocycles. The van der Waals surface area contributed by atoms with E-state index in [1.165, 1.54) is 16.7 Å². The molecule has 4 heterocycles. The van der Waals surface area contributed by atoms with Crippen molar-refractivity contribution < 1.29 is 19.1 Å². The molecule has 3 aliphatic heterocycles. The third kappa shape index (κ3) is 6.90. The zero-order valence-electron chi connectivity index (χ0n) is 27.0. The van der Waals surface area contributed by atoms with Crippen LogP contribution in [0.2, 0.25) is 0 Å². The van der Waals surface area contributed by atoms with Gasteiger partial charge in [-0.1, -0.05) is 35.9 Å². The Bertz CT molecular complexity index is 1540. The Morgan fingerprint density at radius 3 is 2.39 bits per heavy atom. The van der Waals surface area contributed by atoms with E-state index in [1.54, 1.807) is 12.1 Å². The van der Waals surface area contributed by atoms with E-state index in [2.05, 4.69) is 57.3 Å². The minimum Gasteiger partial charge on any atom is -0.439 e. The summed E-state index contributed by atoms with van der Waals surface area (Å²) in [6.07, 6.45) is 5.88. The molecule has 4 fully saturated rings. The highest BCUT2D eigenvalue weighted by Gasteiger charge is 2.45. The first-order valence-electron chi connectivity index (χ1n) is 16.9. The fourth-order valence-corrected chi connectivity index (χ4v) is 7.17. The summed E-state index contributed by atoms with van der Waals surface area (Å²) < 4.78 is 11.6. The molecule has 1 saturated carbocycles. The van der Waals surface area contributed by atoms with E-state index >= 15 is 0 Å². The van der Waals surface area contributed by atoms with Gasteiger partial charge in [0.25, 0.3) is 5.91 Å². The number of aromatic nitrogens is 1. The van der Waals surface area contributed by atoms with Crippen LogP contribution in [-0.4, -0.2) is 82.6 Å². The van der Waals surface area contributed by atoms with Crippen molar-refractivity contribution in [3.63, 3.8) is 0 Å². The first kappa shape index (κ1) is 30.7. The molecular formula is C37H45N5O4. The molecule has 0 spiro atoms. The lowest BCUT2D eigenvalue weighted by Gasteiger charge is -2.39. The van der Waals surface area contributed by atoms with Crippen LogP contribution in [0.15, 0.2) is 60.7 Å². The zero-order chi connectivity index (χ0) is 31.6. The maximum atomic E-state index is 14.0. The van der Waals surface area contributed by atoms with E-state index in [0.29, 0.717) is 23.2 Å². The molecule has 3 amide bonds. The van der Waals surface area contributed by atoms with Crippen LogP contribution in [0.1, 0.15) is 77.3 Å². The Morgan fingerprint density at radius 2 is 1.70 bits per heavy atom. The van der Waals surface area contributed by atoms with Gasteiger partial charge in [0.1, 0.15) is 5.75 Å². The van der Waals surface area contributed by atoms with Crippen molar-refractivity contribution in [1.29, 1.82) is 0 Å². The number of pyridine rings is 1. The monoisotopic (exact) mass is 623 g/mol. The standard InChI is InChI=1S/C37H45N5O4/c1-25-4-3-5-28(22-25)34-24-41(31-16-20-45-21-17-31)37(44)42(34)32-14-18-40(19-15-32)23-29-8-13-35(38-26(29)2)46-33-11-6-27(7-12-33)36(43)39-30-9-10-30/h3-8,11-13,22,30-32,34H,9-10,14-21,23-24H2,1-2H3,(H,39,43)/t34-/m0/s1. The molecule has 0 radical (unpaired) electrons. The highest BCUT2D eigenvalue weighted by atomic mass is 16.5. The van der Waals surface area contributed by atoms with Crippen LogP contribution in [0, 0.1) is 13.8 Å². The maximum Gasteiger partial charge on any atom is 0.321 e. The van der Waals surface area contributed by atoms with Gasteiger partial charge < -0.3 is 24.6 Å². The van der Waals surface area contributed by atoms with Gasteiger partial charge in [0, 0.05) is 74.8 Å². The summed E-state index contributed by atoms with van der Waals surface area (Å²) in [6, 6.07) is 21.0. The summed E-state index contributed by atoms with van der Waals surface area (Å²) in [6.45, 7) is 9.07. The van der Waals surface area contributed by atoms with Gasteiger partial charge in [-0.25, -0.2) is 9.78 Å². The average Bonchev–Trinajstić information content (AvgIpc) is 3.82. The maximum absolute atomic E-state index is 14.0. The molecule has 1 aliphatic carbocycles. The number of carbonyl (C=O) groups is 2. The number of rotatable bonds is 9. The third-order valence-electron chi connectivity index (χ3n) is 10.00. The first-order valence-corrected chi connectivity index (χ1v) is 16.9. The number of piperidine rings is 1. The number of ether oxygens (including phenoxy) is 2. The van der Waals surface area contributed by atoms with E-state index < -0.39 is 0 Å². The number of carbonyl (C=O) groups excluding carboxylic acids is 2. The second-order valence-corrected chi connectivity index (χ2v) is 13.4. The van der Waals surface area contributed by atoms with Crippen molar-refractivity contribution in [2.45, 2.75) is 83.1 Å². The summed E-state index contributed by atoms with van der Waals surface area (Å²) in [5.41, 5.74) is 5.24. The molecule has 3 aromatic rings. The number of hydrogen-bond donors (Lipinski definition) is 1. The summed E-state index contributed by atoms with van der Waals surface area (Å²) >= 11 is 0. The van der Waals surface area contributed by atoms with Crippen molar-refractivity contribution in [2.75, 3.05) is 32.8 Å². The van der Waals surface area contributed by atoms with Gasteiger partial charge in [0.15, 0.2) is 0 Å². The lowest BCUT2D eigenvalue weighted by Crippen LogP contribution is -2.48.